The van der Waals surface area contributed by atoms with E-state index in [1.54, 1.807) is 0 Å². The first-order valence-corrected chi connectivity index (χ1v) is 4.70. The molecule has 0 aliphatic rings. The van der Waals surface area contributed by atoms with Gasteiger partial charge < -0.3 is 10.2 Å². The van der Waals surface area contributed by atoms with Gasteiger partial charge in [0, 0.05) is 5.92 Å². The normalized spacial score (nSPS) is 13.5. The SMILES string of the molecule is CCC[C@H](N[C@@H](C)C(=O)O)C(=O)C#CO. The van der Waals surface area contributed by atoms with Crippen molar-refractivity contribution in [1.82, 2.24) is 5.32 Å². The first-order chi connectivity index (χ1) is 7.02. The smallest absolute Gasteiger partial charge is 0.320 e. The minimum absolute atomic E-state index is 0.491. The first kappa shape index (κ1) is 13.5. The summed E-state index contributed by atoms with van der Waals surface area (Å²) >= 11 is 0. The van der Waals surface area contributed by atoms with Crippen LogP contribution >= 0.6 is 0 Å². The molecule has 0 radical (unpaired) electrons. The number of ketones is 1. The zero-order valence-corrected chi connectivity index (χ0v) is 8.78. The first-order valence-electron chi connectivity index (χ1n) is 4.70. The fraction of sp³-hybridized carbons (Fsp3) is 0.600. The Morgan fingerprint density at radius 2 is 2.07 bits per heavy atom. The second-order valence-corrected chi connectivity index (χ2v) is 3.17. The Labute approximate surface area is 88.5 Å². The molecule has 0 heterocycles. The van der Waals surface area contributed by atoms with Crippen LogP contribution in [0.1, 0.15) is 26.7 Å². The monoisotopic (exact) mass is 213 g/mol. The van der Waals surface area contributed by atoms with Crippen LogP contribution in [-0.4, -0.2) is 34.0 Å². The summed E-state index contributed by atoms with van der Waals surface area (Å²) in [6, 6.07) is -1.45. The predicted octanol–water partition coefficient (Wildman–Crippen LogP) is 0.120. The molecule has 84 valence electrons. The standard InChI is InChI=1S/C10H15NO4/c1-3-4-8(9(13)5-6-12)11-7(2)10(14)15/h7-8,11-12H,3-4H2,1-2H3,(H,14,15)/t7-,8-/m0/s1. The number of nitrogens with one attached hydrogen (secondary N) is 1. The van der Waals surface area contributed by atoms with Crippen molar-refractivity contribution in [1.29, 1.82) is 0 Å². The van der Waals surface area contributed by atoms with Crippen LogP contribution in [0.15, 0.2) is 0 Å². The number of carboxylic acid groups (broad SMARTS) is 1. The fourth-order valence-corrected chi connectivity index (χ4v) is 1.09. The number of carboxylic acids is 1. The number of carbonyl (C=O) groups is 2. The molecule has 0 bridgehead atoms. The zero-order valence-electron chi connectivity index (χ0n) is 8.78. The maximum absolute atomic E-state index is 11.3. The van der Waals surface area contributed by atoms with Gasteiger partial charge in [0.05, 0.1) is 6.04 Å². The van der Waals surface area contributed by atoms with Crippen LogP contribution in [0.3, 0.4) is 0 Å². The average Bonchev–Trinajstić information content (AvgIpc) is 2.17. The van der Waals surface area contributed by atoms with Crippen LogP contribution in [0.4, 0.5) is 0 Å². The molecule has 0 aliphatic heterocycles. The number of aliphatic hydroxyl groups excluding tert-OH is 1. The van der Waals surface area contributed by atoms with Gasteiger partial charge in [-0.3, -0.25) is 14.9 Å². The summed E-state index contributed by atoms with van der Waals surface area (Å²) in [5.41, 5.74) is 0. The van der Waals surface area contributed by atoms with Crippen LogP contribution in [0.5, 0.6) is 0 Å². The summed E-state index contributed by atoms with van der Waals surface area (Å²) < 4.78 is 0. The van der Waals surface area contributed by atoms with Gasteiger partial charge in [-0.1, -0.05) is 13.3 Å². The van der Waals surface area contributed by atoms with Gasteiger partial charge in [-0.15, -0.1) is 0 Å². The second kappa shape index (κ2) is 6.85. The highest BCUT2D eigenvalue weighted by Crippen LogP contribution is 2.00. The van der Waals surface area contributed by atoms with Crippen molar-refractivity contribution in [3.8, 4) is 12.0 Å². The van der Waals surface area contributed by atoms with Crippen molar-refractivity contribution in [3.05, 3.63) is 0 Å². The van der Waals surface area contributed by atoms with Gasteiger partial charge >= 0.3 is 5.97 Å². The topological polar surface area (TPSA) is 86.6 Å². The lowest BCUT2D eigenvalue weighted by molar-refractivity contribution is -0.139. The zero-order chi connectivity index (χ0) is 11.8. The highest BCUT2D eigenvalue weighted by molar-refractivity contribution is 5.99. The molecule has 0 aromatic carbocycles. The van der Waals surface area contributed by atoms with Gasteiger partial charge in [0.25, 0.3) is 0 Å². The van der Waals surface area contributed by atoms with Gasteiger partial charge in [0.15, 0.2) is 0 Å². The summed E-state index contributed by atoms with van der Waals surface area (Å²) in [4.78, 5) is 21.9. The highest BCUT2D eigenvalue weighted by Gasteiger charge is 2.21. The van der Waals surface area contributed by atoms with Gasteiger partial charge in [-0.05, 0) is 13.3 Å². The lowest BCUT2D eigenvalue weighted by atomic mass is 10.1. The molecule has 0 saturated heterocycles. The number of hydrogen-bond acceptors (Lipinski definition) is 4. The molecule has 0 fully saturated rings. The van der Waals surface area contributed by atoms with Crippen LogP contribution in [0, 0.1) is 12.0 Å². The molecule has 0 amide bonds. The van der Waals surface area contributed by atoms with Crippen molar-refractivity contribution in [2.75, 3.05) is 0 Å². The second-order valence-electron chi connectivity index (χ2n) is 3.17. The Kier molecular flexibility index (Phi) is 6.14. The molecule has 15 heavy (non-hydrogen) atoms. The number of aliphatic hydroxyl groups is 1. The molecule has 0 aromatic heterocycles. The Morgan fingerprint density at radius 1 is 1.47 bits per heavy atom. The molecule has 3 N–H and O–H groups in total. The molecule has 0 aromatic rings. The van der Waals surface area contributed by atoms with E-state index in [-0.39, 0.29) is 0 Å². The van der Waals surface area contributed by atoms with Crippen molar-refractivity contribution < 1.29 is 19.8 Å². The number of aliphatic carboxylic acids is 1. The number of carbonyl (C=O) groups excluding carboxylic acids is 1. The maximum Gasteiger partial charge on any atom is 0.320 e. The van der Waals surface area contributed by atoms with Gasteiger partial charge in [0.2, 0.25) is 5.78 Å². The largest absolute Gasteiger partial charge is 0.480 e. The summed E-state index contributed by atoms with van der Waals surface area (Å²) in [6.07, 6.45) is 2.74. The lowest BCUT2D eigenvalue weighted by Gasteiger charge is -2.16. The molecular formula is C10H15NO4. The van der Waals surface area contributed by atoms with E-state index in [9.17, 15) is 9.59 Å². The van der Waals surface area contributed by atoms with Gasteiger partial charge in [-0.2, -0.15) is 0 Å². The van der Waals surface area contributed by atoms with Crippen LogP contribution in [0.2, 0.25) is 0 Å². The van der Waals surface area contributed by atoms with E-state index in [2.05, 4.69) is 5.32 Å². The number of Topliss-reactive ketones (excluding diaryl/α,β-unsaturated/α-hetero) is 1. The van der Waals surface area contributed by atoms with E-state index in [0.29, 0.717) is 6.42 Å². The van der Waals surface area contributed by atoms with Crippen LogP contribution < -0.4 is 5.32 Å². The molecule has 0 saturated carbocycles. The molecule has 0 spiro atoms. The van der Waals surface area contributed by atoms with E-state index in [4.69, 9.17) is 10.2 Å². The van der Waals surface area contributed by atoms with Gasteiger partial charge in [0.1, 0.15) is 12.1 Å². The quantitative estimate of drug-likeness (QED) is 0.545. The molecular weight excluding hydrogens is 198 g/mol. The third-order valence-corrected chi connectivity index (χ3v) is 1.89. The summed E-state index contributed by atoms with van der Waals surface area (Å²) in [5.74, 6) is 0.466. The van der Waals surface area contributed by atoms with E-state index >= 15 is 0 Å². The van der Waals surface area contributed by atoms with Crippen molar-refractivity contribution in [3.63, 3.8) is 0 Å². The Hall–Kier alpha value is -1.54. The average molecular weight is 213 g/mol. The molecule has 0 unspecified atom stereocenters. The number of hydrogen-bond donors (Lipinski definition) is 3. The third kappa shape index (κ3) is 5.03. The Balaban J connectivity index is 4.43. The van der Waals surface area contributed by atoms with Crippen LogP contribution in [-0.2, 0) is 9.59 Å². The van der Waals surface area contributed by atoms with Gasteiger partial charge in [-0.25, -0.2) is 0 Å². The summed E-state index contributed by atoms with van der Waals surface area (Å²) in [6.45, 7) is 3.32. The molecule has 5 heteroatoms. The lowest BCUT2D eigenvalue weighted by Crippen LogP contribution is -2.45. The predicted molar refractivity (Wildman–Crippen MR) is 53.6 cm³/mol. The minimum atomic E-state index is -1.03. The molecule has 2 atom stereocenters. The van der Waals surface area contributed by atoms with Crippen LogP contribution in [0.25, 0.3) is 0 Å². The van der Waals surface area contributed by atoms with Crippen molar-refractivity contribution in [2.45, 2.75) is 38.8 Å². The summed E-state index contributed by atoms with van der Waals surface area (Å²) in [5, 5.41) is 19.6. The fourth-order valence-electron chi connectivity index (χ4n) is 1.09. The highest BCUT2D eigenvalue weighted by atomic mass is 16.4. The van der Waals surface area contributed by atoms with E-state index in [1.807, 2.05) is 12.8 Å². The molecule has 0 rings (SSSR count). The number of rotatable bonds is 6. The maximum atomic E-state index is 11.3. The third-order valence-electron chi connectivity index (χ3n) is 1.89. The molecule has 5 nitrogen and oxygen atoms in total. The van der Waals surface area contributed by atoms with Crippen molar-refractivity contribution in [2.24, 2.45) is 0 Å². The minimum Gasteiger partial charge on any atom is -0.480 e. The van der Waals surface area contributed by atoms with E-state index in [0.717, 1.165) is 6.42 Å². The Bertz CT molecular complexity index is 290. The summed E-state index contributed by atoms with van der Waals surface area (Å²) in [7, 11) is 0. The Morgan fingerprint density at radius 3 is 2.47 bits per heavy atom. The van der Waals surface area contributed by atoms with E-state index in [1.165, 1.54) is 13.0 Å². The van der Waals surface area contributed by atoms with E-state index < -0.39 is 23.8 Å². The molecule has 0 aliphatic carbocycles. The van der Waals surface area contributed by atoms with Crippen molar-refractivity contribution >= 4 is 11.8 Å².